The second-order valence-corrected chi connectivity index (χ2v) is 9.32. The van der Waals surface area contributed by atoms with E-state index in [1.807, 2.05) is 31.3 Å². The summed E-state index contributed by atoms with van der Waals surface area (Å²) >= 11 is 0. The van der Waals surface area contributed by atoms with Crippen molar-refractivity contribution in [3.63, 3.8) is 0 Å². The van der Waals surface area contributed by atoms with Crippen LogP contribution >= 0.6 is 0 Å². The van der Waals surface area contributed by atoms with Gasteiger partial charge in [-0.1, -0.05) is 18.2 Å². The van der Waals surface area contributed by atoms with E-state index in [1.165, 1.54) is 11.6 Å². The maximum absolute atomic E-state index is 14.3. The predicted octanol–water partition coefficient (Wildman–Crippen LogP) is 3.95. The van der Waals surface area contributed by atoms with Crippen LogP contribution < -0.4 is 10.6 Å². The van der Waals surface area contributed by atoms with E-state index in [1.54, 1.807) is 22.8 Å². The molecule has 0 bridgehead atoms. The molecule has 0 unspecified atom stereocenters. The third-order valence-corrected chi connectivity index (χ3v) is 7.58. The Morgan fingerprint density at radius 1 is 1.15 bits per heavy atom. The van der Waals surface area contributed by atoms with Gasteiger partial charge in [0.1, 0.15) is 17.4 Å². The van der Waals surface area contributed by atoms with E-state index in [2.05, 4.69) is 21.0 Å². The Morgan fingerprint density at radius 3 is 2.74 bits per heavy atom. The fraction of sp³-hybridized carbons (Fsp3) is 0.308. The minimum absolute atomic E-state index is 0.000242. The summed E-state index contributed by atoms with van der Waals surface area (Å²) in [5.41, 5.74) is 11.7. The molecule has 1 aliphatic carbocycles. The van der Waals surface area contributed by atoms with Crippen LogP contribution in [0.15, 0.2) is 48.8 Å². The van der Waals surface area contributed by atoms with Crippen LogP contribution in [0.3, 0.4) is 0 Å². The van der Waals surface area contributed by atoms with Crippen molar-refractivity contribution in [2.24, 2.45) is 11.1 Å². The Bertz CT molecular complexity index is 1460. The topological polar surface area (TPSA) is 96.1 Å². The molecule has 6 rings (SSSR count). The van der Waals surface area contributed by atoms with Crippen LogP contribution in [-0.4, -0.2) is 32.7 Å². The Morgan fingerprint density at radius 2 is 1.97 bits per heavy atom. The minimum atomic E-state index is -0.548. The van der Waals surface area contributed by atoms with Gasteiger partial charge in [0.15, 0.2) is 5.82 Å². The molecule has 1 aliphatic heterocycles. The van der Waals surface area contributed by atoms with Crippen molar-refractivity contribution in [3.05, 3.63) is 77.1 Å². The van der Waals surface area contributed by atoms with E-state index in [0.717, 1.165) is 49.4 Å². The van der Waals surface area contributed by atoms with Crippen LogP contribution in [0.2, 0.25) is 0 Å². The molecule has 2 aliphatic rings. The number of aryl methyl sites for hydroxylation is 1. The summed E-state index contributed by atoms with van der Waals surface area (Å²) in [4.78, 5) is 11.8. The molecule has 8 heteroatoms. The molecular weight excluding hydrogens is 429 g/mol. The molecule has 1 atom stereocenters. The minimum Gasteiger partial charge on any atom is -0.355 e. The number of fused-ring (bicyclic) bond motifs is 2. The van der Waals surface area contributed by atoms with Gasteiger partial charge >= 0.3 is 0 Å². The molecule has 2 N–H and O–H groups in total. The highest BCUT2D eigenvalue weighted by Gasteiger charge is 2.46. The first-order chi connectivity index (χ1) is 16.5. The van der Waals surface area contributed by atoms with Crippen LogP contribution in [-0.2, 0) is 6.42 Å². The second-order valence-electron chi connectivity index (χ2n) is 9.32. The summed E-state index contributed by atoms with van der Waals surface area (Å²) < 4.78 is 16.1. The lowest BCUT2D eigenvalue weighted by atomic mass is 9.73. The average molecular weight is 454 g/mol. The van der Waals surface area contributed by atoms with E-state index < -0.39 is 5.82 Å². The zero-order valence-corrected chi connectivity index (χ0v) is 18.9. The third kappa shape index (κ3) is 2.94. The maximum atomic E-state index is 14.3. The van der Waals surface area contributed by atoms with Crippen molar-refractivity contribution in [3.8, 4) is 17.3 Å². The van der Waals surface area contributed by atoms with Crippen LogP contribution in [0.5, 0.6) is 0 Å². The van der Waals surface area contributed by atoms with Crippen molar-refractivity contribution in [2.45, 2.75) is 32.2 Å². The lowest BCUT2D eigenvalue weighted by Gasteiger charge is -2.42. The molecule has 4 aromatic rings. The van der Waals surface area contributed by atoms with E-state index >= 15 is 0 Å². The second kappa shape index (κ2) is 7.61. The van der Waals surface area contributed by atoms with Gasteiger partial charge in [-0.05, 0) is 55.4 Å². The number of anilines is 1. The number of halogens is 1. The Labute approximate surface area is 196 Å². The quantitative estimate of drug-likeness (QED) is 0.494. The Hall–Kier alpha value is -3.83. The normalized spacial score (nSPS) is 18.9. The van der Waals surface area contributed by atoms with Gasteiger partial charge in [-0.3, -0.25) is 4.98 Å². The molecule has 3 aromatic heterocycles. The van der Waals surface area contributed by atoms with E-state index in [9.17, 15) is 9.65 Å². The van der Waals surface area contributed by atoms with Gasteiger partial charge in [-0.15, -0.1) is 0 Å². The molecule has 34 heavy (non-hydrogen) atoms. The van der Waals surface area contributed by atoms with E-state index in [0.29, 0.717) is 17.0 Å². The number of nitrogens with zero attached hydrogens (tertiary/aromatic N) is 6. The van der Waals surface area contributed by atoms with Gasteiger partial charge in [0, 0.05) is 36.6 Å². The van der Waals surface area contributed by atoms with Gasteiger partial charge in [0.2, 0.25) is 0 Å². The van der Waals surface area contributed by atoms with Crippen LogP contribution in [0.1, 0.15) is 41.4 Å². The highest BCUT2D eigenvalue weighted by atomic mass is 19.1. The van der Waals surface area contributed by atoms with Crippen molar-refractivity contribution in [1.82, 2.24) is 19.6 Å². The number of nitrogens with two attached hydrogens (primary N) is 1. The van der Waals surface area contributed by atoms with Gasteiger partial charge in [0.25, 0.3) is 0 Å². The van der Waals surface area contributed by atoms with Gasteiger partial charge in [0.05, 0.1) is 23.1 Å². The number of pyridine rings is 1. The Kier molecular flexibility index (Phi) is 4.64. The lowest BCUT2D eigenvalue weighted by Crippen LogP contribution is -2.44. The number of benzene rings is 1. The zero-order chi connectivity index (χ0) is 23.4. The molecule has 0 radical (unpaired) electrons. The highest BCUT2D eigenvalue weighted by Crippen LogP contribution is 2.50. The summed E-state index contributed by atoms with van der Waals surface area (Å²) in [6.07, 6.45) is 6.39. The first kappa shape index (κ1) is 20.8. The average Bonchev–Trinajstić information content (AvgIpc) is 3.43. The fourth-order valence-electron chi connectivity index (χ4n) is 5.76. The van der Waals surface area contributed by atoms with E-state index in [-0.39, 0.29) is 17.0 Å². The lowest BCUT2D eigenvalue weighted by molar-refractivity contribution is 0.187. The van der Waals surface area contributed by atoms with Gasteiger partial charge in [-0.25, -0.2) is 13.9 Å². The number of hydrogen-bond donors (Lipinski definition) is 1. The monoisotopic (exact) mass is 453 g/mol. The molecule has 170 valence electrons. The molecule has 7 nitrogen and oxygen atoms in total. The summed E-state index contributed by atoms with van der Waals surface area (Å²) in [5, 5.41) is 14.1. The molecule has 1 spiro atoms. The third-order valence-electron chi connectivity index (χ3n) is 7.58. The summed E-state index contributed by atoms with van der Waals surface area (Å²) in [7, 11) is 0. The van der Waals surface area contributed by atoms with E-state index in [4.69, 9.17) is 10.7 Å². The smallest absolute Gasteiger partial charge is 0.155 e. The summed E-state index contributed by atoms with van der Waals surface area (Å²) in [5.74, 6) is 0.305. The van der Waals surface area contributed by atoms with Crippen molar-refractivity contribution in [1.29, 1.82) is 5.26 Å². The molecule has 4 heterocycles. The van der Waals surface area contributed by atoms with Crippen molar-refractivity contribution < 1.29 is 4.39 Å². The Balaban J connectivity index is 1.36. The zero-order valence-electron chi connectivity index (χ0n) is 18.9. The van der Waals surface area contributed by atoms with Crippen molar-refractivity contribution in [2.75, 3.05) is 18.0 Å². The molecule has 0 amide bonds. The first-order valence-electron chi connectivity index (χ1n) is 11.5. The number of hydrogen-bond acceptors (Lipinski definition) is 6. The van der Waals surface area contributed by atoms with Gasteiger partial charge in [-0.2, -0.15) is 10.4 Å². The number of piperidine rings is 1. The first-order valence-corrected chi connectivity index (χ1v) is 11.5. The molecular formula is C26H24FN7. The molecule has 1 fully saturated rings. The van der Waals surface area contributed by atoms with Crippen LogP contribution in [0, 0.1) is 29.5 Å². The molecule has 1 aromatic carbocycles. The summed E-state index contributed by atoms with van der Waals surface area (Å²) in [6.45, 7) is 3.54. The number of nitriles is 1. The maximum Gasteiger partial charge on any atom is 0.155 e. The predicted molar refractivity (Wildman–Crippen MR) is 127 cm³/mol. The number of rotatable bonds is 2. The van der Waals surface area contributed by atoms with Crippen molar-refractivity contribution >= 4 is 11.3 Å². The molecule has 1 saturated heterocycles. The van der Waals surface area contributed by atoms with Gasteiger partial charge < -0.3 is 10.6 Å². The van der Waals surface area contributed by atoms with Crippen LogP contribution in [0.25, 0.3) is 16.8 Å². The standard InChI is InChI=1S/C26H24FN7/c1-16-23(17-4-2-6-20(27)19(17)15-28)34-22(7-11-31-34)25(32-16)33-12-8-26(9-13-33)14-21-18(24(26)29)5-3-10-30-21/h2-7,10-11,24H,8-9,12-14,29H2,1H3/t24-/m1/s1. The largest absolute Gasteiger partial charge is 0.355 e. The number of aromatic nitrogens is 4. The fourth-order valence-corrected chi connectivity index (χ4v) is 5.76. The highest BCUT2D eigenvalue weighted by molar-refractivity contribution is 5.78. The SMILES string of the molecule is Cc1nc(N2CCC3(CC2)Cc2ncccc2[C@H]3N)c2ccnn2c1-c1cccc(F)c1C#N. The molecule has 0 saturated carbocycles. The van der Waals surface area contributed by atoms with Crippen LogP contribution in [0.4, 0.5) is 10.2 Å². The summed E-state index contributed by atoms with van der Waals surface area (Å²) in [6, 6.07) is 12.6.